The summed E-state index contributed by atoms with van der Waals surface area (Å²) in [7, 11) is 0.417. The van der Waals surface area contributed by atoms with Gasteiger partial charge in [0.2, 0.25) is 0 Å². The number of hydrogen-bond donors (Lipinski definition) is 0. The molecule has 0 spiro atoms. The van der Waals surface area contributed by atoms with E-state index in [1.54, 1.807) is 0 Å². The van der Waals surface area contributed by atoms with Crippen molar-refractivity contribution in [3.05, 3.63) is 53.6 Å². The van der Waals surface area contributed by atoms with Gasteiger partial charge in [-0.2, -0.15) is 0 Å². The van der Waals surface area contributed by atoms with Gasteiger partial charge in [-0.25, -0.2) is 0 Å². The topological polar surface area (TPSA) is 0 Å². The van der Waals surface area contributed by atoms with Crippen molar-refractivity contribution in [2.45, 2.75) is 19.5 Å². The Balaban J connectivity index is 0.000000292. The van der Waals surface area contributed by atoms with Crippen LogP contribution in [0.25, 0.3) is 16.8 Å². The van der Waals surface area contributed by atoms with Crippen LogP contribution < -0.4 is 0 Å². The Bertz CT molecular complexity index is 507. The van der Waals surface area contributed by atoms with E-state index < -0.39 is 0 Å². The summed E-state index contributed by atoms with van der Waals surface area (Å²) < 4.78 is 0. The molecule has 1 aliphatic carbocycles. The molecule has 0 heterocycles. The molecule has 1 aliphatic rings. The molecule has 0 nitrogen and oxygen atoms in total. The van der Waals surface area contributed by atoms with Crippen LogP contribution in [-0.4, -0.2) is 9.52 Å². The molecule has 0 atom stereocenters. The lowest BCUT2D eigenvalue weighted by atomic mass is 9.93. The highest BCUT2D eigenvalue weighted by Gasteiger charge is 2.06. The van der Waals surface area contributed by atoms with Crippen LogP contribution in [0, 0.1) is 0 Å². The maximum atomic E-state index is 2.26. The smallest absolute Gasteiger partial charge is 0.0135 e. The largest absolute Gasteiger partial charge is 0.0795 e. The first-order valence-electron chi connectivity index (χ1n) is 6.04. The average Bonchev–Trinajstić information content (AvgIpc) is 2.31. The first-order chi connectivity index (χ1) is 7.86. The zero-order valence-corrected chi connectivity index (χ0v) is 11.4. The number of benzene rings is 2. The molecule has 0 saturated heterocycles. The van der Waals surface area contributed by atoms with Gasteiger partial charge in [-0.1, -0.05) is 61.6 Å². The highest BCUT2D eigenvalue weighted by molar-refractivity contribution is 6.31. The summed E-state index contributed by atoms with van der Waals surface area (Å²) in [6, 6.07) is 13.0. The minimum atomic E-state index is 0.417. The molecular formula is C15H18Si. The van der Waals surface area contributed by atoms with Crippen molar-refractivity contribution >= 4 is 26.4 Å². The van der Waals surface area contributed by atoms with E-state index in [1.165, 1.54) is 21.9 Å². The predicted octanol–water partition coefficient (Wildman–Crippen LogP) is 3.66. The van der Waals surface area contributed by atoms with Crippen LogP contribution in [0.15, 0.2) is 42.5 Å². The van der Waals surface area contributed by atoms with E-state index in [2.05, 4.69) is 61.6 Å². The van der Waals surface area contributed by atoms with Crippen LogP contribution in [0.3, 0.4) is 0 Å². The zero-order chi connectivity index (χ0) is 11.4. The third-order valence-corrected chi connectivity index (χ3v) is 2.66. The van der Waals surface area contributed by atoms with Crippen LogP contribution >= 0.6 is 0 Å². The molecule has 0 radical (unpaired) electrons. The summed E-state index contributed by atoms with van der Waals surface area (Å²) in [6.07, 6.45) is 5.53. The first-order valence-corrected chi connectivity index (χ1v) is 8.86. The fraction of sp³-hybridized carbons (Fsp3) is 0.200. The Morgan fingerprint density at radius 1 is 1.00 bits per heavy atom. The molecule has 0 amide bonds. The first kappa shape index (κ1) is 11.2. The summed E-state index contributed by atoms with van der Waals surface area (Å²) in [5.41, 5.74) is 2.81. The normalized spacial score (nSPS) is 12.1. The van der Waals surface area contributed by atoms with Gasteiger partial charge >= 0.3 is 0 Å². The molecule has 3 rings (SSSR count). The maximum Gasteiger partial charge on any atom is 0.0135 e. The summed E-state index contributed by atoms with van der Waals surface area (Å²) in [6.45, 7) is 4.53. The molecule has 82 valence electrons. The minimum Gasteiger partial charge on any atom is -0.0795 e. The van der Waals surface area contributed by atoms with Gasteiger partial charge in [0.25, 0.3) is 0 Å². The van der Waals surface area contributed by atoms with E-state index >= 15 is 0 Å². The van der Waals surface area contributed by atoms with E-state index in [-0.39, 0.29) is 0 Å². The monoisotopic (exact) mass is 226 g/mol. The molecular weight excluding hydrogens is 208 g/mol. The molecule has 0 aromatic heterocycles. The predicted molar refractivity (Wildman–Crippen MR) is 77.0 cm³/mol. The van der Waals surface area contributed by atoms with Gasteiger partial charge in [-0.05, 0) is 28.3 Å². The second-order valence-corrected chi connectivity index (χ2v) is 5.59. The van der Waals surface area contributed by atoms with Crippen molar-refractivity contribution in [3.63, 3.8) is 0 Å². The average molecular weight is 226 g/mol. The second kappa shape index (κ2) is 5.13. The molecule has 2 aromatic rings. The van der Waals surface area contributed by atoms with E-state index in [0.717, 1.165) is 6.42 Å². The third-order valence-electron chi connectivity index (χ3n) is 2.66. The lowest BCUT2D eigenvalue weighted by Gasteiger charge is -2.11. The van der Waals surface area contributed by atoms with Crippen LogP contribution in [0.4, 0.5) is 0 Å². The summed E-state index contributed by atoms with van der Waals surface area (Å²) in [5, 5.41) is 2.80. The SMILES string of the molecule is C1=Cc2cccc3cccc(c23)C1.C[SiH2]C. The molecule has 2 aromatic carbocycles. The van der Waals surface area contributed by atoms with Crippen molar-refractivity contribution < 1.29 is 0 Å². The molecule has 0 N–H and O–H groups in total. The minimum absolute atomic E-state index is 0.417. The number of allylic oxidation sites excluding steroid dienone is 1. The van der Waals surface area contributed by atoms with Crippen molar-refractivity contribution in [3.8, 4) is 0 Å². The molecule has 0 saturated carbocycles. The Kier molecular flexibility index (Phi) is 3.57. The van der Waals surface area contributed by atoms with Gasteiger partial charge in [-0.3, -0.25) is 0 Å². The number of hydrogen-bond acceptors (Lipinski definition) is 0. The van der Waals surface area contributed by atoms with E-state index in [1.807, 2.05) is 0 Å². The molecule has 0 fully saturated rings. The fourth-order valence-electron chi connectivity index (χ4n) is 2.07. The van der Waals surface area contributed by atoms with Crippen LogP contribution in [-0.2, 0) is 6.42 Å². The van der Waals surface area contributed by atoms with E-state index in [0.29, 0.717) is 9.52 Å². The molecule has 0 unspecified atom stereocenters. The lowest BCUT2D eigenvalue weighted by Crippen LogP contribution is -1.91. The Labute approximate surface area is 99.8 Å². The maximum absolute atomic E-state index is 2.26. The lowest BCUT2D eigenvalue weighted by molar-refractivity contribution is 1.29. The van der Waals surface area contributed by atoms with Gasteiger partial charge in [0.1, 0.15) is 0 Å². The molecule has 0 aliphatic heterocycles. The van der Waals surface area contributed by atoms with Crippen LogP contribution in [0.5, 0.6) is 0 Å². The quantitative estimate of drug-likeness (QED) is 0.601. The fourth-order valence-corrected chi connectivity index (χ4v) is 2.07. The van der Waals surface area contributed by atoms with Gasteiger partial charge in [0, 0.05) is 9.52 Å². The summed E-state index contributed by atoms with van der Waals surface area (Å²) in [4.78, 5) is 0. The Morgan fingerprint density at radius 3 is 2.44 bits per heavy atom. The Morgan fingerprint density at radius 2 is 1.69 bits per heavy atom. The van der Waals surface area contributed by atoms with Crippen LogP contribution in [0.2, 0.25) is 13.1 Å². The van der Waals surface area contributed by atoms with Crippen molar-refractivity contribution in [2.75, 3.05) is 0 Å². The van der Waals surface area contributed by atoms with E-state index in [9.17, 15) is 0 Å². The van der Waals surface area contributed by atoms with Gasteiger partial charge < -0.3 is 0 Å². The van der Waals surface area contributed by atoms with Crippen molar-refractivity contribution in [1.82, 2.24) is 0 Å². The highest BCUT2D eigenvalue weighted by Crippen LogP contribution is 2.27. The Hall–Kier alpha value is -1.34. The van der Waals surface area contributed by atoms with Gasteiger partial charge in [0.15, 0.2) is 0 Å². The van der Waals surface area contributed by atoms with E-state index in [4.69, 9.17) is 0 Å². The zero-order valence-electron chi connectivity index (χ0n) is 10.0. The van der Waals surface area contributed by atoms with Crippen molar-refractivity contribution in [1.29, 1.82) is 0 Å². The standard InChI is InChI=1S/C13H10.C2H8Si/c1-4-10-6-2-8-12-9-3-7-11(5-1)13(10)12;1-3-2/h1-8H,9H2;3H2,1-2H3. The third kappa shape index (κ3) is 2.09. The van der Waals surface area contributed by atoms with Gasteiger partial charge in [0.05, 0.1) is 0 Å². The molecule has 1 heteroatoms. The molecule has 16 heavy (non-hydrogen) atoms. The summed E-state index contributed by atoms with van der Waals surface area (Å²) in [5.74, 6) is 0. The number of rotatable bonds is 0. The second-order valence-electron chi connectivity index (χ2n) is 4.18. The van der Waals surface area contributed by atoms with Gasteiger partial charge in [-0.15, -0.1) is 0 Å². The summed E-state index contributed by atoms with van der Waals surface area (Å²) >= 11 is 0. The van der Waals surface area contributed by atoms with Crippen LogP contribution in [0.1, 0.15) is 11.1 Å². The molecule has 0 bridgehead atoms. The highest BCUT2D eigenvalue weighted by atomic mass is 28.2. The van der Waals surface area contributed by atoms with Crippen molar-refractivity contribution in [2.24, 2.45) is 0 Å².